The van der Waals surface area contributed by atoms with Crippen LogP contribution in [0.5, 0.6) is 0 Å². The predicted octanol–water partition coefficient (Wildman–Crippen LogP) is 2.53. The number of ether oxygens (including phenoxy) is 1. The third-order valence-electron chi connectivity index (χ3n) is 3.07. The maximum atomic E-state index is 5.69. The molecule has 1 aliphatic heterocycles. The van der Waals surface area contributed by atoms with Gasteiger partial charge < -0.3 is 9.72 Å². The van der Waals surface area contributed by atoms with E-state index in [9.17, 15) is 0 Å². The van der Waals surface area contributed by atoms with Gasteiger partial charge in [0.05, 0.1) is 6.10 Å². The Hall–Kier alpha value is -0.350. The molecule has 1 aromatic rings. The van der Waals surface area contributed by atoms with Crippen LogP contribution in [0.2, 0.25) is 0 Å². The fourth-order valence-corrected chi connectivity index (χ4v) is 3.16. The first-order valence-corrected chi connectivity index (χ1v) is 6.46. The number of nitrogens with zero attached hydrogens (tertiary/aromatic N) is 1. The van der Waals surface area contributed by atoms with Gasteiger partial charge in [0, 0.05) is 36.2 Å². The van der Waals surface area contributed by atoms with Crippen molar-refractivity contribution in [2.24, 2.45) is 5.92 Å². The zero-order chi connectivity index (χ0) is 10.7. The van der Waals surface area contributed by atoms with E-state index in [0.29, 0.717) is 16.8 Å². The average Bonchev–Trinajstić information content (AvgIpc) is 2.86. The van der Waals surface area contributed by atoms with Crippen molar-refractivity contribution in [3.63, 3.8) is 0 Å². The summed E-state index contributed by atoms with van der Waals surface area (Å²) in [6, 6.07) is 0. The highest BCUT2D eigenvalue weighted by molar-refractivity contribution is 9.09. The molecule has 15 heavy (non-hydrogen) atoms. The Morgan fingerprint density at radius 2 is 2.60 bits per heavy atom. The molecule has 1 saturated heterocycles. The number of nitrogens with one attached hydrogen (secondary N) is 1. The molecule has 1 N–H and O–H groups in total. The Morgan fingerprint density at radius 1 is 1.73 bits per heavy atom. The highest BCUT2D eigenvalue weighted by Gasteiger charge is 2.32. The molecule has 4 heteroatoms. The highest BCUT2D eigenvalue weighted by atomic mass is 79.9. The molecule has 0 amide bonds. The summed E-state index contributed by atoms with van der Waals surface area (Å²) >= 11 is 3.77. The first-order valence-electron chi connectivity index (χ1n) is 5.55. The molecule has 3 atom stereocenters. The highest BCUT2D eigenvalue weighted by Crippen LogP contribution is 2.31. The van der Waals surface area contributed by atoms with Gasteiger partial charge in [-0.05, 0) is 12.8 Å². The van der Waals surface area contributed by atoms with Crippen molar-refractivity contribution in [3.8, 4) is 0 Å². The summed E-state index contributed by atoms with van der Waals surface area (Å²) in [6.07, 6.45) is 7.32. The second kappa shape index (κ2) is 5.12. The van der Waals surface area contributed by atoms with Crippen molar-refractivity contribution < 1.29 is 4.74 Å². The number of hydrogen-bond donors (Lipinski definition) is 1. The number of rotatable bonds is 4. The summed E-state index contributed by atoms with van der Waals surface area (Å²) < 4.78 is 5.69. The van der Waals surface area contributed by atoms with E-state index in [1.165, 1.54) is 0 Å². The minimum Gasteiger partial charge on any atom is -0.378 e. The van der Waals surface area contributed by atoms with E-state index in [-0.39, 0.29) is 0 Å². The first kappa shape index (κ1) is 11.1. The first-order chi connectivity index (χ1) is 7.31. The Morgan fingerprint density at radius 3 is 3.27 bits per heavy atom. The van der Waals surface area contributed by atoms with Crippen LogP contribution in [0.25, 0.3) is 0 Å². The summed E-state index contributed by atoms with van der Waals surface area (Å²) in [5.74, 6) is 1.68. The number of halogens is 1. The van der Waals surface area contributed by atoms with Crippen molar-refractivity contribution in [2.75, 3.05) is 6.61 Å². The Kier molecular flexibility index (Phi) is 3.81. The second-order valence-electron chi connectivity index (χ2n) is 4.03. The van der Waals surface area contributed by atoms with Crippen LogP contribution in [-0.2, 0) is 11.2 Å². The number of H-pyrrole nitrogens is 1. The number of alkyl halides is 1. The standard InChI is InChI=1S/C11H17BrN2O/c1-2-10-8(3-6-15-10)9(12)7-11-13-4-5-14-11/h4-5,8-10H,2-3,6-7H2,1H3,(H,13,14). The molecule has 2 heterocycles. The zero-order valence-corrected chi connectivity index (χ0v) is 10.5. The monoisotopic (exact) mass is 272 g/mol. The van der Waals surface area contributed by atoms with Gasteiger partial charge in [0.25, 0.3) is 0 Å². The molecule has 2 rings (SSSR count). The summed E-state index contributed by atoms with van der Waals surface area (Å²) in [5, 5.41) is 0. The van der Waals surface area contributed by atoms with Crippen LogP contribution in [0.15, 0.2) is 12.4 Å². The van der Waals surface area contributed by atoms with Gasteiger partial charge in [0.2, 0.25) is 0 Å². The van der Waals surface area contributed by atoms with Crippen LogP contribution < -0.4 is 0 Å². The lowest BCUT2D eigenvalue weighted by molar-refractivity contribution is 0.0872. The van der Waals surface area contributed by atoms with Gasteiger partial charge in [-0.3, -0.25) is 0 Å². The average molecular weight is 273 g/mol. The fourth-order valence-electron chi connectivity index (χ4n) is 2.25. The predicted molar refractivity (Wildman–Crippen MR) is 63.1 cm³/mol. The zero-order valence-electron chi connectivity index (χ0n) is 8.95. The smallest absolute Gasteiger partial charge is 0.107 e. The van der Waals surface area contributed by atoms with E-state index in [2.05, 4.69) is 32.8 Å². The molecule has 0 spiro atoms. The van der Waals surface area contributed by atoms with Gasteiger partial charge in [-0.25, -0.2) is 4.98 Å². The van der Waals surface area contributed by atoms with E-state index in [4.69, 9.17) is 4.74 Å². The number of imidazole rings is 1. The number of aromatic amines is 1. The van der Waals surface area contributed by atoms with Gasteiger partial charge >= 0.3 is 0 Å². The second-order valence-corrected chi connectivity index (χ2v) is 5.20. The summed E-state index contributed by atoms with van der Waals surface area (Å²) in [5.41, 5.74) is 0. The maximum absolute atomic E-state index is 5.69. The molecule has 0 bridgehead atoms. The van der Waals surface area contributed by atoms with Gasteiger partial charge in [-0.1, -0.05) is 22.9 Å². The lowest BCUT2D eigenvalue weighted by Crippen LogP contribution is -2.25. The van der Waals surface area contributed by atoms with Gasteiger partial charge in [0.1, 0.15) is 5.82 Å². The Balaban J connectivity index is 1.92. The molecule has 0 aliphatic carbocycles. The molecule has 0 saturated carbocycles. The molecule has 1 aliphatic rings. The molecule has 3 unspecified atom stereocenters. The van der Waals surface area contributed by atoms with Gasteiger partial charge in [-0.15, -0.1) is 0 Å². The molecule has 0 aromatic carbocycles. The van der Waals surface area contributed by atoms with Crippen LogP contribution in [0.3, 0.4) is 0 Å². The normalized spacial score (nSPS) is 28.1. The number of aromatic nitrogens is 2. The van der Waals surface area contributed by atoms with Crippen molar-refractivity contribution in [3.05, 3.63) is 18.2 Å². The van der Waals surface area contributed by atoms with Crippen LogP contribution in [-0.4, -0.2) is 27.5 Å². The molecular formula is C11H17BrN2O. The van der Waals surface area contributed by atoms with E-state index in [1.807, 2.05) is 6.20 Å². The van der Waals surface area contributed by atoms with Crippen LogP contribution in [0.4, 0.5) is 0 Å². The lowest BCUT2D eigenvalue weighted by Gasteiger charge is -2.21. The Bertz CT molecular complexity index is 289. The summed E-state index contributed by atoms with van der Waals surface area (Å²) in [7, 11) is 0. The largest absolute Gasteiger partial charge is 0.378 e. The molecule has 3 nitrogen and oxygen atoms in total. The third kappa shape index (κ3) is 2.61. The quantitative estimate of drug-likeness (QED) is 0.856. The fraction of sp³-hybridized carbons (Fsp3) is 0.727. The topological polar surface area (TPSA) is 37.9 Å². The lowest BCUT2D eigenvalue weighted by atomic mass is 9.94. The molecule has 0 radical (unpaired) electrons. The van der Waals surface area contributed by atoms with Gasteiger partial charge in [-0.2, -0.15) is 0 Å². The van der Waals surface area contributed by atoms with Gasteiger partial charge in [0.15, 0.2) is 0 Å². The van der Waals surface area contributed by atoms with Crippen LogP contribution in [0.1, 0.15) is 25.6 Å². The molecule has 1 aromatic heterocycles. The SMILES string of the molecule is CCC1OCCC1C(Br)Cc1ncc[nH]1. The summed E-state index contributed by atoms with van der Waals surface area (Å²) in [4.78, 5) is 7.86. The van der Waals surface area contributed by atoms with E-state index in [1.54, 1.807) is 6.20 Å². The van der Waals surface area contributed by atoms with Crippen molar-refractivity contribution in [1.29, 1.82) is 0 Å². The van der Waals surface area contributed by atoms with Crippen molar-refractivity contribution in [1.82, 2.24) is 9.97 Å². The minimum atomic E-state index is 0.421. The molecule has 1 fully saturated rings. The van der Waals surface area contributed by atoms with E-state index in [0.717, 1.165) is 31.7 Å². The van der Waals surface area contributed by atoms with E-state index >= 15 is 0 Å². The minimum absolute atomic E-state index is 0.421. The molecule has 84 valence electrons. The van der Waals surface area contributed by atoms with Crippen LogP contribution >= 0.6 is 15.9 Å². The number of hydrogen-bond acceptors (Lipinski definition) is 2. The van der Waals surface area contributed by atoms with E-state index < -0.39 is 0 Å². The van der Waals surface area contributed by atoms with Crippen molar-refractivity contribution in [2.45, 2.75) is 37.1 Å². The molecular weight excluding hydrogens is 256 g/mol. The summed E-state index contributed by atoms with van der Waals surface area (Å²) in [6.45, 7) is 3.10. The van der Waals surface area contributed by atoms with Crippen LogP contribution in [0, 0.1) is 5.92 Å². The Labute approximate surface area is 98.8 Å². The maximum Gasteiger partial charge on any atom is 0.107 e. The van der Waals surface area contributed by atoms with Crippen molar-refractivity contribution >= 4 is 15.9 Å². The third-order valence-corrected chi connectivity index (χ3v) is 4.07.